The summed E-state index contributed by atoms with van der Waals surface area (Å²) in [6.07, 6.45) is 4.91. The molecule has 2 aliphatic rings. The van der Waals surface area contributed by atoms with E-state index in [-0.39, 0.29) is 0 Å². The predicted octanol–water partition coefficient (Wildman–Crippen LogP) is 3.69. The van der Waals surface area contributed by atoms with Crippen molar-refractivity contribution in [3.8, 4) is 11.5 Å². The maximum Gasteiger partial charge on any atom is 0.161 e. The van der Waals surface area contributed by atoms with E-state index in [2.05, 4.69) is 31.3 Å². The van der Waals surface area contributed by atoms with Crippen molar-refractivity contribution in [2.75, 3.05) is 13.2 Å². The lowest BCUT2D eigenvalue weighted by molar-refractivity contribution is 0.297. The Morgan fingerprint density at radius 1 is 1.15 bits per heavy atom. The van der Waals surface area contributed by atoms with Crippen molar-refractivity contribution in [1.29, 1.82) is 0 Å². The van der Waals surface area contributed by atoms with E-state index in [1.165, 1.54) is 24.8 Å². The van der Waals surface area contributed by atoms with Gasteiger partial charge in [-0.2, -0.15) is 0 Å². The summed E-state index contributed by atoms with van der Waals surface area (Å²) in [4.78, 5) is 0. The van der Waals surface area contributed by atoms with E-state index in [0.717, 1.165) is 37.1 Å². The highest BCUT2D eigenvalue weighted by Gasteiger charge is 2.23. The lowest BCUT2D eigenvalue weighted by atomic mass is 10.1. The molecule has 3 rings (SSSR count). The standard InChI is InChI=1S/C17H25NO2/c1-12-4-6-15(10-12)18-13(2)14-5-7-16-17(11-14)20-9-3-8-19-16/h5,7,11-13,15,18H,3-4,6,8-10H2,1-2H3. The van der Waals surface area contributed by atoms with Gasteiger partial charge in [0.15, 0.2) is 11.5 Å². The molecule has 1 aromatic rings. The fraction of sp³-hybridized carbons (Fsp3) is 0.647. The van der Waals surface area contributed by atoms with Gasteiger partial charge in [-0.1, -0.05) is 13.0 Å². The van der Waals surface area contributed by atoms with Gasteiger partial charge in [0.2, 0.25) is 0 Å². The highest BCUT2D eigenvalue weighted by atomic mass is 16.5. The molecule has 1 aromatic carbocycles. The average molecular weight is 275 g/mol. The van der Waals surface area contributed by atoms with Gasteiger partial charge in [0.1, 0.15) is 0 Å². The van der Waals surface area contributed by atoms with Crippen LogP contribution in [0.1, 0.15) is 51.1 Å². The molecule has 0 radical (unpaired) electrons. The molecule has 1 N–H and O–H groups in total. The molecule has 3 nitrogen and oxygen atoms in total. The molecule has 0 bridgehead atoms. The molecule has 20 heavy (non-hydrogen) atoms. The van der Waals surface area contributed by atoms with Crippen molar-refractivity contribution >= 4 is 0 Å². The van der Waals surface area contributed by atoms with Gasteiger partial charge in [0, 0.05) is 18.5 Å². The number of benzene rings is 1. The summed E-state index contributed by atoms with van der Waals surface area (Å²) in [5.41, 5.74) is 1.29. The van der Waals surface area contributed by atoms with Crippen LogP contribution < -0.4 is 14.8 Å². The molecule has 1 fully saturated rings. The van der Waals surface area contributed by atoms with Crippen LogP contribution in [0, 0.1) is 5.92 Å². The summed E-state index contributed by atoms with van der Waals surface area (Å²) in [5.74, 6) is 2.64. The molecule has 0 saturated heterocycles. The minimum absolute atomic E-state index is 0.363. The fourth-order valence-electron chi connectivity index (χ4n) is 3.26. The molecule has 1 aliphatic heterocycles. The summed E-state index contributed by atoms with van der Waals surface area (Å²) >= 11 is 0. The van der Waals surface area contributed by atoms with E-state index in [9.17, 15) is 0 Å². The molecular formula is C17H25NO2. The second-order valence-corrected chi connectivity index (χ2v) is 6.26. The van der Waals surface area contributed by atoms with Crippen LogP contribution in [0.5, 0.6) is 11.5 Å². The molecule has 3 atom stereocenters. The number of nitrogens with one attached hydrogen (secondary N) is 1. The molecule has 1 heterocycles. The van der Waals surface area contributed by atoms with Gasteiger partial charge in [-0.3, -0.25) is 0 Å². The number of ether oxygens (including phenoxy) is 2. The first-order chi connectivity index (χ1) is 9.72. The van der Waals surface area contributed by atoms with Crippen molar-refractivity contribution < 1.29 is 9.47 Å². The van der Waals surface area contributed by atoms with Crippen molar-refractivity contribution in [2.24, 2.45) is 5.92 Å². The summed E-state index contributed by atoms with van der Waals surface area (Å²) in [6.45, 7) is 6.08. The summed E-state index contributed by atoms with van der Waals surface area (Å²) in [6, 6.07) is 7.37. The third-order valence-electron chi connectivity index (χ3n) is 4.45. The van der Waals surface area contributed by atoms with Crippen molar-refractivity contribution in [1.82, 2.24) is 5.32 Å². The van der Waals surface area contributed by atoms with Crippen molar-refractivity contribution in [3.05, 3.63) is 23.8 Å². The van der Waals surface area contributed by atoms with Crippen LogP contribution in [-0.4, -0.2) is 19.3 Å². The van der Waals surface area contributed by atoms with Gasteiger partial charge in [0.05, 0.1) is 13.2 Å². The minimum atomic E-state index is 0.363. The average Bonchev–Trinajstić information content (AvgIpc) is 2.72. The van der Waals surface area contributed by atoms with Crippen LogP contribution in [0.3, 0.4) is 0 Å². The highest BCUT2D eigenvalue weighted by Crippen LogP contribution is 2.33. The molecule has 0 aromatic heterocycles. The molecule has 3 heteroatoms. The molecule has 110 valence electrons. The van der Waals surface area contributed by atoms with Crippen LogP contribution >= 0.6 is 0 Å². The third kappa shape index (κ3) is 3.09. The van der Waals surface area contributed by atoms with Gasteiger partial charge < -0.3 is 14.8 Å². The Kier molecular flexibility index (Phi) is 4.16. The summed E-state index contributed by atoms with van der Waals surface area (Å²) < 4.78 is 11.5. The lowest BCUT2D eigenvalue weighted by Gasteiger charge is -2.21. The third-order valence-corrected chi connectivity index (χ3v) is 4.45. The van der Waals surface area contributed by atoms with Gasteiger partial charge in [0.25, 0.3) is 0 Å². The van der Waals surface area contributed by atoms with Crippen LogP contribution in [0.15, 0.2) is 18.2 Å². The molecule has 0 spiro atoms. The SMILES string of the molecule is CC1CCC(NC(C)c2ccc3c(c2)OCCCO3)C1. The van der Waals surface area contributed by atoms with E-state index in [1.54, 1.807) is 0 Å². The smallest absolute Gasteiger partial charge is 0.161 e. The lowest BCUT2D eigenvalue weighted by Crippen LogP contribution is -2.29. The Morgan fingerprint density at radius 3 is 2.70 bits per heavy atom. The van der Waals surface area contributed by atoms with E-state index >= 15 is 0 Å². The zero-order valence-electron chi connectivity index (χ0n) is 12.5. The van der Waals surface area contributed by atoms with Crippen LogP contribution in [0.2, 0.25) is 0 Å². The zero-order chi connectivity index (χ0) is 13.9. The Labute approximate surface area is 121 Å². The normalized spacial score (nSPS) is 27.1. The van der Waals surface area contributed by atoms with Crippen LogP contribution in [0.4, 0.5) is 0 Å². The van der Waals surface area contributed by atoms with Crippen molar-refractivity contribution in [2.45, 2.75) is 51.6 Å². The first-order valence-corrected chi connectivity index (χ1v) is 7.88. The first-order valence-electron chi connectivity index (χ1n) is 7.88. The van der Waals surface area contributed by atoms with Gasteiger partial charge in [-0.05, 0) is 49.8 Å². The second kappa shape index (κ2) is 6.04. The van der Waals surface area contributed by atoms with Crippen molar-refractivity contribution in [3.63, 3.8) is 0 Å². The molecule has 1 aliphatic carbocycles. The van der Waals surface area contributed by atoms with Gasteiger partial charge in [-0.15, -0.1) is 0 Å². The van der Waals surface area contributed by atoms with Crippen LogP contribution in [0.25, 0.3) is 0 Å². The molecule has 3 unspecified atom stereocenters. The molecule has 0 amide bonds. The number of rotatable bonds is 3. The second-order valence-electron chi connectivity index (χ2n) is 6.26. The Morgan fingerprint density at radius 2 is 1.95 bits per heavy atom. The Hall–Kier alpha value is -1.22. The summed E-state index contributed by atoms with van der Waals surface area (Å²) in [5, 5.41) is 3.75. The maximum atomic E-state index is 5.77. The van der Waals surface area contributed by atoms with Gasteiger partial charge in [-0.25, -0.2) is 0 Å². The number of fused-ring (bicyclic) bond motifs is 1. The number of hydrogen-bond acceptors (Lipinski definition) is 3. The Bertz CT molecular complexity index is 460. The molecule has 1 saturated carbocycles. The number of hydrogen-bond donors (Lipinski definition) is 1. The quantitative estimate of drug-likeness (QED) is 0.912. The highest BCUT2D eigenvalue weighted by molar-refractivity contribution is 5.44. The van der Waals surface area contributed by atoms with Gasteiger partial charge >= 0.3 is 0 Å². The van der Waals surface area contributed by atoms with E-state index in [1.807, 2.05) is 6.07 Å². The largest absolute Gasteiger partial charge is 0.490 e. The van der Waals surface area contributed by atoms with Crippen LogP contribution in [-0.2, 0) is 0 Å². The Balaban J connectivity index is 1.68. The van der Waals surface area contributed by atoms with E-state index in [4.69, 9.17) is 9.47 Å². The monoisotopic (exact) mass is 275 g/mol. The maximum absolute atomic E-state index is 5.77. The zero-order valence-corrected chi connectivity index (χ0v) is 12.5. The first kappa shape index (κ1) is 13.7. The summed E-state index contributed by atoms with van der Waals surface area (Å²) in [7, 11) is 0. The fourth-order valence-corrected chi connectivity index (χ4v) is 3.26. The topological polar surface area (TPSA) is 30.5 Å². The van der Waals surface area contributed by atoms with E-state index < -0.39 is 0 Å². The molecular weight excluding hydrogens is 250 g/mol. The minimum Gasteiger partial charge on any atom is -0.490 e. The van der Waals surface area contributed by atoms with E-state index in [0.29, 0.717) is 12.1 Å². The predicted molar refractivity (Wildman–Crippen MR) is 80.4 cm³/mol.